The normalized spacial score (nSPS) is 16.6. The van der Waals surface area contributed by atoms with Crippen LogP contribution >= 0.6 is 11.8 Å². The summed E-state index contributed by atoms with van der Waals surface area (Å²) in [4.78, 5) is 32.7. The first-order valence-corrected chi connectivity index (χ1v) is 8.14. The Hall–Kier alpha value is -2.08. The van der Waals surface area contributed by atoms with Crippen LogP contribution in [0.25, 0.3) is 0 Å². The zero-order valence-electron chi connectivity index (χ0n) is 12.5. The molecule has 0 unspecified atom stereocenters. The lowest BCUT2D eigenvalue weighted by Crippen LogP contribution is -2.37. The van der Waals surface area contributed by atoms with Crippen molar-refractivity contribution in [3.05, 3.63) is 51.9 Å². The summed E-state index contributed by atoms with van der Waals surface area (Å²) in [6.45, 7) is 3.81. The number of amides is 1. The third kappa shape index (κ3) is 2.92. The number of H-pyrrole nitrogens is 1. The maximum absolute atomic E-state index is 12.5. The molecule has 0 bridgehead atoms. The fraction of sp³-hybridized carbons (Fsp3) is 0.312. The van der Waals surface area contributed by atoms with E-state index in [9.17, 15) is 9.59 Å². The highest BCUT2D eigenvalue weighted by Crippen LogP contribution is 2.32. The number of nitrogens with zero attached hydrogens (tertiary/aromatic N) is 2. The highest BCUT2D eigenvalue weighted by Gasteiger charge is 2.30. The summed E-state index contributed by atoms with van der Waals surface area (Å²) in [5.74, 6) is 0.289. The molecule has 1 aliphatic rings. The fourth-order valence-electron chi connectivity index (χ4n) is 2.77. The molecule has 0 aliphatic carbocycles. The molecule has 1 N–H and O–H groups in total. The Morgan fingerprint density at radius 3 is 3.00 bits per heavy atom. The lowest BCUT2D eigenvalue weighted by Gasteiger charge is -2.22. The molecule has 1 aliphatic heterocycles. The summed E-state index contributed by atoms with van der Waals surface area (Å²) < 4.78 is 0. The summed E-state index contributed by atoms with van der Waals surface area (Å²) in [6.07, 6.45) is 0.881. The lowest BCUT2D eigenvalue weighted by molar-refractivity contribution is -0.116. The summed E-state index contributed by atoms with van der Waals surface area (Å²) in [6, 6.07) is 9.58. The van der Waals surface area contributed by atoms with Crippen molar-refractivity contribution < 1.29 is 4.79 Å². The van der Waals surface area contributed by atoms with Crippen molar-refractivity contribution in [2.45, 2.75) is 31.5 Å². The second-order valence-corrected chi connectivity index (χ2v) is 6.39. The van der Waals surface area contributed by atoms with Gasteiger partial charge in [0, 0.05) is 23.5 Å². The van der Waals surface area contributed by atoms with Gasteiger partial charge in [0.25, 0.3) is 5.56 Å². The van der Waals surface area contributed by atoms with Gasteiger partial charge in [-0.15, -0.1) is 0 Å². The van der Waals surface area contributed by atoms with Crippen molar-refractivity contribution >= 4 is 23.4 Å². The van der Waals surface area contributed by atoms with Crippen molar-refractivity contribution in [3.8, 4) is 0 Å². The first-order chi connectivity index (χ1) is 10.5. The molecule has 3 rings (SSSR count). The molecule has 114 valence electrons. The number of aromatic nitrogens is 2. The molecule has 1 aromatic heterocycles. The van der Waals surface area contributed by atoms with E-state index in [0.717, 1.165) is 12.1 Å². The number of thioether (sulfide) groups is 1. The molecule has 6 heteroatoms. The van der Waals surface area contributed by atoms with Gasteiger partial charge in [-0.05, 0) is 31.9 Å². The van der Waals surface area contributed by atoms with Crippen molar-refractivity contribution in [1.82, 2.24) is 9.97 Å². The zero-order chi connectivity index (χ0) is 15.7. The molecule has 0 saturated heterocycles. The molecule has 22 heavy (non-hydrogen) atoms. The van der Waals surface area contributed by atoms with Crippen LogP contribution in [0.2, 0.25) is 0 Å². The van der Waals surface area contributed by atoms with E-state index in [0.29, 0.717) is 10.9 Å². The van der Waals surface area contributed by atoms with Crippen LogP contribution in [0.1, 0.15) is 18.2 Å². The monoisotopic (exact) mass is 315 g/mol. The molecular weight excluding hydrogens is 298 g/mol. The molecule has 0 fully saturated rings. The number of aryl methyl sites for hydroxylation is 1. The van der Waals surface area contributed by atoms with Gasteiger partial charge in [0.2, 0.25) is 5.91 Å². The van der Waals surface area contributed by atoms with Gasteiger partial charge in [0.05, 0.1) is 5.75 Å². The van der Waals surface area contributed by atoms with Crippen LogP contribution in [0, 0.1) is 6.92 Å². The van der Waals surface area contributed by atoms with E-state index in [4.69, 9.17) is 0 Å². The smallest absolute Gasteiger partial charge is 0.251 e. The van der Waals surface area contributed by atoms with Crippen molar-refractivity contribution in [3.63, 3.8) is 0 Å². The van der Waals surface area contributed by atoms with Gasteiger partial charge in [-0.1, -0.05) is 30.0 Å². The Labute approximate surface area is 132 Å². The van der Waals surface area contributed by atoms with E-state index in [1.165, 1.54) is 23.4 Å². The van der Waals surface area contributed by atoms with E-state index >= 15 is 0 Å². The molecule has 1 aromatic carbocycles. The SMILES string of the molecule is Cc1cc(=O)[nH]c(SCC(=O)N2c3ccccc3C[C@@H]2C)n1. The zero-order valence-corrected chi connectivity index (χ0v) is 13.3. The predicted octanol–water partition coefficient (Wildman–Crippen LogP) is 2.15. The quantitative estimate of drug-likeness (QED) is 0.696. The number of anilines is 1. The largest absolute Gasteiger partial charge is 0.308 e. The van der Waals surface area contributed by atoms with E-state index in [1.54, 1.807) is 6.92 Å². The minimum Gasteiger partial charge on any atom is -0.308 e. The number of rotatable bonds is 3. The number of carbonyl (C=O) groups is 1. The Bertz CT molecular complexity index is 772. The lowest BCUT2D eigenvalue weighted by atomic mass is 10.1. The number of hydrogen-bond donors (Lipinski definition) is 1. The fourth-order valence-corrected chi connectivity index (χ4v) is 3.55. The topological polar surface area (TPSA) is 66.1 Å². The summed E-state index contributed by atoms with van der Waals surface area (Å²) in [5, 5.41) is 0.485. The number of aromatic amines is 1. The van der Waals surface area contributed by atoms with Gasteiger partial charge >= 0.3 is 0 Å². The van der Waals surface area contributed by atoms with Gasteiger partial charge < -0.3 is 9.88 Å². The third-order valence-corrected chi connectivity index (χ3v) is 4.51. The molecule has 1 atom stereocenters. The standard InChI is InChI=1S/C16H17N3O2S/c1-10-7-14(20)18-16(17-10)22-9-15(21)19-11(2)8-12-5-3-4-6-13(12)19/h3-7,11H,8-9H2,1-2H3,(H,17,18,20)/t11-/m0/s1. The number of nitrogens with one attached hydrogen (secondary N) is 1. The molecular formula is C16H17N3O2S. The van der Waals surface area contributed by atoms with Crippen LogP contribution in [0.15, 0.2) is 40.3 Å². The average Bonchev–Trinajstić information content (AvgIpc) is 2.79. The minimum absolute atomic E-state index is 0.0339. The maximum Gasteiger partial charge on any atom is 0.251 e. The van der Waals surface area contributed by atoms with Crippen LogP contribution in [-0.4, -0.2) is 27.7 Å². The van der Waals surface area contributed by atoms with E-state index in [1.807, 2.05) is 23.1 Å². The molecule has 0 radical (unpaired) electrons. The molecule has 1 amide bonds. The number of fused-ring (bicyclic) bond motifs is 1. The molecule has 0 saturated carbocycles. The Morgan fingerprint density at radius 2 is 2.23 bits per heavy atom. The molecule has 2 aromatic rings. The van der Waals surface area contributed by atoms with Crippen LogP contribution in [0.5, 0.6) is 0 Å². The van der Waals surface area contributed by atoms with Gasteiger partial charge in [-0.2, -0.15) is 0 Å². The van der Waals surface area contributed by atoms with Gasteiger partial charge in [0.1, 0.15) is 0 Å². The van der Waals surface area contributed by atoms with Crippen LogP contribution in [0.4, 0.5) is 5.69 Å². The highest BCUT2D eigenvalue weighted by molar-refractivity contribution is 7.99. The number of carbonyl (C=O) groups excluding carboxylic acids is 1. The molecule has 0 spiro atoms. The third-order valence-electron chi connectivity index (χ3n) is 3.66. The Kier molecular flexibility index (Phi) is 4.02. The van der Waals surface area contributed by atoms with E-state index in [2.05, 4.69) is 23.0 Å². The Morgan fingerprint density at radius 1 is 1.45 bits per heavy atom. The predicted molar refractivity (Wildman–Crippen MR) is 87.4 cm³/mol. The number of hydrogen-bond acceptors (Lipinski definition) is 4. The van der Waals surface area contributed by atoms with Crippen molar-refractivity contribution in [2.75, 3.05) is 10.7 Å². The number of benzene rings is 1. The summed E-state index contributed by atoms with van der Waals surface area (Å²) >= 11 is 1.26. The summed E-state index contributed by atoms with van der Waals surface area (Å²) in [5.41, 5.74) is 2.66. The van der Waals surface area contributed by atoms with Crippen LogP contribution < -0.4 is 10.5 Å². The molecule has 5 nitrogen and oxygen atoms in total. The highest BCUT2D eigenvalue weighted by atomic mass is 32.2. The maximum atomic E-state index is 12.5. The second-order valence-electron chi connectivity index (χ2n) is 5.43. The van der Waals surface area contributed by atoms with E-state index in [-0.39, 0.29) is 23.3 Å². The van der Waals surface area contributed by atoms with Crippen LogP contribution in [-0.2, 0) is 11.2 Å². The second kappa shape index (κ2) is 5.96. The van der Waals surface area contributed by atoms with Crippen molar-refractivity contribution in [1.29, 1.82) is 0 Å². The first kappa shape index (κ1) is 14.8. The minimum atomic E-state index is -0.192. The van der Waals surface area contributed by atoms with Gasteiger partial charge in [-0.25, -0.2) is 4.98 Å². The van der Waals surface area contributed by atoms with Gasteiger partial charge in [0.15, 0.2) is 5.16 Å². The molecule has 2 heterocycles. The van der Waals surface area contributed by atoms with Gasteiger partial charge in [-0.3, -0.25) is 9.59 Å². The van der Waals surface area contributed by atoms with Crippen LogP contribution in [0.3, 0.4) is 0 Å². The number of para-hydroxylation sites is 1. The average molecular weight is 315 g/mol. The Balaban J connectivity index is 1.74. The summed E-state index contributed by atoms with van der Waals surface area (Å²) in [7, 11) is 0. The first-order valence-electron chi connectivity index (χ1n) is 7.15. The van der Waals surface area contributed by atoms with E-state index < -0.39 is 0 Å². The van der Waals surface area contributed by atoms with Crippen molar-refractivity contribution in [2.24, 2.45) is 0 Å².